The molecule has 1 N–H and O–H groups in total. The first-order valence-corrected chi connectivity index (χ1v) is 9.19. The third-order valence-corrected chi connectivity index (χ3v) is 4.67. The Morgan fingerprint density at radius 3 is 2.29 bits per heavy atom. The van der Waals surface area contributed by atoms with Crippen LogP contribution in [0.2, 0.25) is 0 Å². The zero-order valence-electron chi connectivity index (χ0n) is 16.6. The summed E-state index contributed by atoms with van der Waals surface area (Å²) in [5, 5.41) is 5.18. The number of fused-ring (bicyclic) bond motifs is 1. The van der Waals surface area contributed by atoms with Crippen LogP contribution in [-0.2, 0) is 4.79 Å². The van der Waals surface area contributed by atoms with Crippen LogP contribution in [0.3, 0.4) is 0 Å². The molecule has 28 heavy (non-hydrogen) atoms. The van der Waals surface area contributed by atoms with E-state index in [1.54, 1.807) is 21.1 Å². The predicted octanol–water partition coefficient (Wildman–Crippen LogP) is 4.50. The van der Waals surface area contributed by atoms with Crippen molar-refractivity contribution in [3.63, 3.8) is 0 Å². The minimum absolute atomic E-state index is 0.203. The highest BCUT2D eigenvalue weighted by Gasteiger charge is 2.20. The van der Waals surface area contributed by atoms with Crippen LogP contribution in [-0.4, -0.2) is 26.2 Å². The summed E-state index contributed by atoms with van der Waals surface area (Å²) in [6.07, 6.45) is -0.639. The van der Waals surface area contributed by atoms with Crippen LogP contribution in [0.5, 0.6) is 17.2 Å². The van der Waals surface area contributed by atoms with E-state index in [9.17, 15) is 4.79 Å². The van der Waals surface area contributed by atoms with Crippen molar-refractivity contribution in [3.05, 3.63) is 66.2 Å². The summed E-state index contributed by atoms with van der Waals surface area (Å²) < 4.78 is 16.5. The third kappa shape index (κ3) is 4.36. The second kappa shape index (κ2) is 8.65. The molecule has 0 aliphatic heterocycles. The van der Waals surface area contributed by atoms with Crippen molar-refractivity contribution >= 4 is 16.7 Å². The van der Waals surface area contributed by atoms with Gasteiger partial charge in [-0.2, -0.15) is 0 Å². The highest BCUT2D eigenvalue weighted by Crippen LogP contribution is 2.29. The SMILES string of the molecule is COc1ccc(OC)c([C@H](C)NC(=O)[C@H](C)Oc2ccc3ccccc3c2)c1. The molecule has 0 spiro atoms. The standard InChI is InChI=1S/C23H25NO4/c1-15(21-14-19(26-3)11-12-22(21)27-4)24-23(25)16(2)28-20-10-9-17-7-5-6-8-18(17)13-20/h5-16H,1-4H3,(H,24,25)/t15-,16-/m0/s1. The first-order valence-electron chi connectivity index (χ1n) is 9.19. The smallest absolute Gasteiger partial charge is 0.261 e. The zero-order valence-corrected chi connectivity index (χ0v) is 16.6. The number of benzene rings is 3. The van der Waals surface area contributed by atoms with Crippen LogP contribution < -0.4 is 19.5 Å². The Morgan fingerprint density at radius 1 is 0.857 bits per heavy atom. The van der Waals surface area contributed by atoms with E-state index in [0.29, 0.717) is 17.2 Å². The van der Waals surface area contributed by atoms with Gasteiger partial charge in [0, 0.05) is 5.56 Å². The number of rotatable bonds is 7. The third-order valence-electron chi connectivity index (χ3n) is 4.67. The average Bonchev–Trinajstić information content (AvgIpc) is 2.72. The number of methoxy groups -OCH3 is 2. The molecule has 1 amide bonds. The van der Waals surface area contributed by atoms with E-state index >= 15 is 0 Å². The molecular weight excluding hydrogens is 354 g/mol. The highest BCUT2D eigenvalue weighted by atomic mass is 16.5. The second-order valence-corrected chi connectivity index (χ2v) is 6.61. The van der Waals surface area contributed by atoms with Crippen LogP contribution in [0.1, 0.15) is 25.5 Å². The van der Waals surface area contributed by atoms with Crippen LogP contribution in [0.4, 0.5) is 0 Å². The Balaban J connectivity index is 1.69. The van der Waals surface area contributed by atoms with Gasteiger partial charge in [0.2, 0.25) is 0 Å². The van der Waals surface area contributed by atoms with Gasteiger partial charge < -0.3 is 19.5 Å². The van der Waals surface area contributed by atoms with E-state index in [1.165, 1.54) is 0 Å². The van der Waals surface area contributed by atoms with Crippen molar-refractivity contribution in [2.24, 2.45) is 0 Å². The van der Waals surface area contributed by atoms with Gasteiger partial charge in [0.15, 0.2) is 6.10 Å². The van der Waals surface area contributed by atoms with Gasteiger partial charge in [0.1, 0.15) is 17.2 Å². The fourth-order valence-corrected chi connectivity index (χ4v) is 3.08. The fraction of sp³-hybridized carbons (Fsp3) is 0.261. The topological polar surface area (TPSA) is 56.8 Å². The van der Waals surface area contributed by atoms with Crippen LogP contribution in [0.15, 0.2) is 60.7 Å². The maximum atomic E-state index is 12.6. The van der Waals surface area contributed by atoms with Gasteiger partial charge in [-0.1, -0.05) is 30.3 Å². The first kappa shape index (κ1) is 19.5. The lowest BCUT2D eigenvalue weighted by Crippen LogP contribution is -2.37. The summed E-state index contributed by atoms with van der Waals surface area (Å²) in [6, 6.07) is 19.1. The predicted molar refractivity (Wildman–Crippen MR) is 110 cm³/mol. The molecule has 0 aliphatic carbocycles. The number of hydrogen-bond donors (Lipinski definition) is 1. The van der Waals surface area contributed by atoms with E-state index in [-0.39, 0.29) is 11.9 Å². The van der Waals surface area contributed by atoms with Gasteiger partial charge in [-0.05, 0) is 55.0 Å². The number of nitrogens with one attached hydrogen (secondary N) is 1. The van der Waals surface area contributed by atoms with Crippen molar-refractivity contribution < 1.29 is 19.0 Å². The summed E-state index contributed by atoms with van der Waals surface area (Å²) in [5.41, 5.74) is 0.841. The molecule has 0 saturated carbocycles. The Bertz CT molecular complexity index is 970. The normalized spacial score (nSPS) is 12.9. The van der Waals surface area contributed by atoms with Crippen molar-refractivity contribution in [2.75, 3.05) is 14.2 Å². The lowest BCUT2D eigenvalue weighted by Gasteiger charge is -2.21. The molecular formula is C23H25NO4. The summed E-state index contributed by atoms with van der Waals surface area (Å²) in [5.74, 6) is 1.85. The Kier molecular flexibility index (Phi) is 6.04. The largest absolute Gasteiger partial charge is 0.497 e. The summed E-state index contributed by atoms with van der Waals surface area (Å²) in [7, 11) is 3.21. The van der Waals surface area contributed by atoms with Crippen LogP contribution >= 0.6 is 0 Å². The molecule has 0 aromatic heterocycles. The fourth-order valence-electron chi connectivity index (χ4n) is 3.08. The molecule has 0 fully saturated rings. The summed E-state index contributed by atoms with van der Waals surface area (Å²) in [4.78, 5) is 12.6. The van der Waals surface area contributed by atoms with Crippen molar-refractivity contribution in [1.29, 1.82) is 0 Å². The van der Waals surface area contributed by atoms with Gasteiger partial charge >= 0.3 is 0 Å². The summed E-state index contributed by atoms with van der Waals surface area (Å²) >= 11 is 0. The maximum absolute atomic E-state index is 12.6. The van der Waals surface area contributed by atoms with E-state index < -0.39 is 6.10 Å². The van der Waals surface area contributed by atoms with E-state index in [1.807, 2.05) is 67.6 Å². The van der Waals surface area contributed by atoms with E-state index in [0.717, 1.165) is 16.3 Å². The number of hydrogen-bond acceptors (Lipinski definition) is 4. The Hall–Kier alpha value is -3.21. The lowest BCUT2D eigenvalue weighted by atomic mass is 10.1. The molecule has 0 unspecified atom stereocenters. The average molecular weight is 379 g/mol. The van der Waals surface area contributed by atoms with Gasteiger partial charge in [0.25, 0.3) is 5.91 Å². The molecule has 3 aromatic carbocycles. The maximum Gasteiger partial charge on any atom is 0.261 e. The van der Waals surface area contributed by atoms with Gasteiger partial charge in [0.05, 0.1) is 20.3 Å². The van der Waals surface area contributed by atoms with E-state index in [4.69, 9.17) is 14.2 Å². The Labute approximate surface area is 165 Å². The monoisotopic (exact) mass is 379 g/mol. The molecule has 0 bridgehead atoms. The first-order chi connectivity index (χ1) is 13.5. The lowest BCUT2D eigenvalue weighted by molar-refractivity contribution is -0.127. The minimum Gasteiger partial charge on any atom is -0.497 e. The second-order valence-electron chi connectivity index (χ2n) is 6.61. The highest BCUT2D eigenvalue weighted by molar-refractivity contribution is 5.84. The molecule has 0 aliphatic rings. The molecule has 5 heteroatoms. The van der Waals surface area contributed by atoms with Crippen LogP contribution in [0.25, 0.3) is 10.8 Å². The minimum atomic E-state index is -0.639. The van der Waals surface area contributed by atoms with Gasteiger partial charge in [-0.15, -0.1) is 0 Å². The van der Waals surface area contributed by atoms with Crippen molar-refractivity contribution in [1.82, 2.24) is 5.32 Å². The molecule has 2 atom stereocenters. The number of ether oxygens (including phenoxy) is 3. The molecule has 0 heterocycles. The Morgan fingerprint density at radius 2 is 1.57 bits per heavy atom. The quantitative estimate of drug-likeness (QED) is 0.657. The number of amides is 1. The molecule has 0 radical (unpaired) electrons. The molecule has 3 aromatic rings. The number of carbonyl (C=O) groups excluding carboxylic acids is 1. The molecule has 146 valence electrons. The van der Waals surface area contributed by atoms with Crippen molar-refractivity contribution in [2.45, 2.75) is 26.0 Å². The summed E-state index contributed by atoms with van der Waals surface area (Å²) in [6.45, 7) is 3.64. The van der Waals surface area contributed by atoms with E-state index in [2.05, 4.69) is 5.32 Å². The zero-order chi connectivity index (χ0) is 20.1. The molecule has 0 saturated heterocycles. The molecule has 5 nitrogen and oxygen atoms in total. The molecule has 3 rings (SSSR count). The van der Waals surface area contributed by atoms with Gasteiger partial charge in [-0.3, -0.25) is 4.79 Å². The number of carbonyl (C=O) groups is 1. The van der Waals surface area contributed by atoms with Crippen LogP contribution in [0, 0.1) is 0 Å². The van der Waals surface area contributed by atoms with Crippen molar-refractivity contribution in [3.8, 4) is 17.2 Å². The van der Waals surface area contributed by atoms with Gasteiger partial charge in [-0.25, -0.2) is 0 Å².